The standard InChI is InChI=1S/C20H20ClN5O/c1-20(2,16-11-22-16)13-5-7-14(8-6-13)26-15(18(27)25(3)4)9-12-10-23-19(21)24-17(12)26/h5-10H,11H2,1-4H3. The Kier molecular flexibility index (Phi) is 4.03. The molecule has 0 saturated carbocycles. The molecule has 0 atom stereocenters. The minimum absolute atomic E-state index is 0.0783. The molecule has 6 nitrogen and oxygen atoms in total. The number of aromatic nitrogens is 3. The molecule has 0 fully saturated rings. The molecular weight excluding hydrogens is 362 g/mol. The van der Waals surface area contributed by atoms with Crippen molar-refractivity contribution in [3.8, 4) is 5.69 Å². The van der Waals surface area contributed by atoms with Gasteiger partial charge in [-0.2, -0.15) is 4.98 Å². The molecule has 27 heavy (non-hydrogen) atoms. The number of hydrogen-bond acceptors (Lipinski definition) is 4. The molecule has 0 saturated heterocycles. The number of rotatable bonds is 4. The summed E-state index contributed by atoms with van der Waals surface area (Å²) in [7, 11) is 3.45. The quantitative estimate of drug-likeness (QED) is 0.649. The van der Waals surface area contributed by atoms with Crippen LogP contribution in [0.2, 0.25) is 5.28 Å². The molecule has 0 bridgehead atoms. The fourth-order valence-corrected chi connectivity index (χ4v) is 3.37. The second-order valence-electron chi connectivity index (χ2n) is 7.42. The lowest BCUT2D eigenvalue weighted by Gasteiger charge is -2.21. The van der Waals surface area contributed by atoms with Gasteiger partial charge in [0.25, 0.3) is 5.91 Å². The van der Waals surface area contributed by atoms with Gasteiger partial charge in [-0.1, -0.05) is 26.0 Å². The van der Waals surface area contributed by atoms with Crippen molar-refractivity contribution in [2.24, 2.45) is 4.99 Å². The highest BCUT2D eigenvalue weighted by atomic mass is 35.5. The zero-order chi connectivity index (χ0) is 19.3. The molecule has 1 amide bonds. The minimum Gasteiger partial charge on any atom is -0.343 e. The Bertz CT molecular complexity index is 1080. The Morgan fingerprint density at radius 3 is 2.48 bits per heavy atom. The molecule has 0 N–H and O–H groups in total. The van der Waals surface area contributed by atoms with E-state index in [1.165, 1.54) is 11.3 Å². The Labute approximate surface area is 162 Å². The molecule has 0 spiro atoms. The lowest BCUT2D eigenvalue weighted by molar-refractivity contribution is 0.0820. The van der Waals surface area contributed by atoms with Gasteiger partial charge in [0.05, 0.1) is 6.54 Å². The van der Waals surface area contributed by atoms with Crippen LogP contribution in [0.1, 0.15) is 29.9 Å². The van der Waals surface area contributed by atoms with E-state index in [-0.39, 0.29) is 16.6 Å². The van der Waals surface area contributed by atoms with Crippen molar-refractivity contribution >= 4 is 34.3 Å². The third-order valence-electron chi connectivity index (χ3n) is 5.02. The van der Waals surface area contributed by atoms with Crippen molar-refractivity contribution in [2.75, 3.05) is 20.6 Å². The molecule has 1 aliphatic heterocycles. The summed E-state index contributed by atoms with van der Waals surface area (Å²) in [5.74, 6) is -0.110. The molecule has 3 aromatic rings. The van der Waals surface area contributed by atoms with Crippen molar-refractivity contribution in [3.63, 3.8) is 0 Å². The Morgan fingerprint density at radius 1 is 1.22 bits per heavy atom. The van der Waals surface area contributed by atoms with Crippen molar-refractivity contribution < 1.29 is 4.79 Å². The van der Waals surface area contributed by atoms with Gasteiger partial charge >= 0.3 is 0 Å². The maximum absolute atomic E-state index is 12.7. The summed E-state index contributed by atoms with van der Waals surface area (Å²) in [5.41, 5.74) is 4.30. The highest BCUT2D eigenvalue weighted by Crippen LogP contribution is 2.31. The molecule has 1 aliphatic rings. The number of fused-ring (bicyclic) bond motifs is 1. The summed E-state index contributed by atoms with van der Waals surface area (Å²) in [5, 5.41) is 0.913. The number of carbonyl (C=O) groups excluding carboxylic acids is 1. The number of hydrogen-bond donors (Lipinski definition) is 0. The summed E-state index contributed by atoms with van der Waals surface area (Å²) >= 11 is 6.01. The van der Waals surface area contributed by atoms with Crippen LogP contribution in [-0.4, -0.2) is 51.7 Å². The van der Waals surface area contributed by atoms with Crippen LogP contribution in [-0.2, 0) is 5.41 Å². The van der Waals surface area contributed by atoms with Crippen LogP contribution in [0.5, 0.6) is 0 Å². The lowest BCUT2D eigenvalue weighted by atomic mass is 9.82. The Morgan fingerprint density at radius 2 is 1.89 bits per heavy atom. The second kappa shape index (κ2) is 6.16. The minimum atomic E-state index is -0.110. The van der Waals surface area contributed by atoms with Crippen molar-refractivity contribution in [2.45, 2.75) is 19.3 Å². The molecule has 2 aromatic heterocycles. The van der Waals surface area contributed by atoms with E-state index in [0.717, 1.165) is 17.6 Å². The highest BCUT2D eigenvalue weighted by Gasteiger charge is 2.32. The maximum Gasteiger partial charge on any atom is 0.270 e. The van der Waals surface area contributed by atoms with Gasteiger partial charge in [-0.3, -0.25) is 14.4 Å². The predicted octanol–water partition coefficient (Wildman–Crippen LogP) is 3.51. The number of nitrogens with zero attached hydrogens (tertiary/aromatic N) is 5. The molecule has 7 heteroatoms. The van der Waals surface area contributed by atoms with Crippen LogP contribution in [0.4, 0.5) is 0 Å². The first-order valence-corrected chi connectivity index (χ1v) is 9.07. The topological polar surface area (TPSA) is 63.4 Å². The van der Waals surface area contributed by atoms with E-state index < -0.39 is 0 Å². The first kappa shape index (κ1) is 17.7. The number of halogens is 1. The number of benzene rings is 1. The smallest absolute Gasteiger partial charge is 0.270 e. The lowest BCUT2D eigenvalue weighted by Crippen LogP contribution is -2.24. The third kappa shape index (κ3) is 3.00. The SMILES string of the molecule is CN(C)C(=O)c1cc2cnc(Cl)nc2n1-c1ccc(C(C)(C)C2=NC2)cc1. The molecule has 3 heterocycles. The van der Waals surface area contributed by atoms with Crippen molar-refractivity contribution in [1.82, 2.24) is 19.4 Å². The zero-order valence-corrected chi connectivity index (χ0v) is 16.4. The fourth-order valence-electron chi connectivity index (χ4n) is 3.24. The number of carbonyl (C=O) groups is 1. The van der Waals surface area contributed by atoms with Crippen molar-refractivity contribution in [1.29, 1.82) is 0 Å². The summed E-state index contributed by atoms with van der Waals surface area (Å²) in [6, 6.07) is 9.96. The Balaban J connectivity index is 1.87. The van der Waals surface area contributed by atoms with E-state index in [2.05, 4.69) is 40.9 Å². The van der Waals surface area contributed by atoms with E-state index in [9.17, 15) is 4.79 Å². The van der Waals surface area contributed by atoms with E-state index in [1.54, 1.807) is 31.3 Å². The predicted molar refractivity (Wildman–Crippen MR) is 107 cm³/mol. The Hall–Kier alpha value is -2.73. The average molecular weight is 382 g/mol. The normalized spacial score (nSPS) is 13.6. The van der Waals surface area contributed by atoms with Gasteiger partial charge in [0.15, 0.2) is 0 Å². The van der Waals surface area contributed by atoms with Gasteiger partial charge < -0.3 is 4.90 Å². The zero-order valence-electron chi connectivity index (χ0n) is 15.7. The van der Waals surface area contributed by atoms with Crippen LogP contribution in [0.3, 0.4) is 0 Å². The van der Waals surface area contributed by atoms with Crippen LogP contribution in [0.25, 0.3) is 16.7 Å². The van der Waals surface area contributed by atoms with Gasteiger partial charge in [-0.05, 0) is 35.4 Å². The van der Waals surface area contributed by atoms with Gasteiger partial charge in [-0.15, -0.1) is 0 Å². The van der Waals surface area contributed by atoms with E-state index in [0.29, 0.717) is 11.3 Å². The molecule has 4 rings (SSSR count). The van der Waals surface area contributed by atoms with Crippen LogP contribution in [0, 0.1) is 0 Å². The highest BCUT2D eigenvalue weighted by molar-refractivity contribution is 6.28. The largest absolute Gasteiger partial charge is 0.343 e. The first-order chi connectivity index (χ1) is 12.8. The first-order valence-electron chi connectivity index (χ1n) is 8.69. The summed E-state index contributed by atoms with van der Waals surface area (Å²) < 4.78 is 1.83. The van der Waals surface area contributed by atoms with Gasteiger partial charge in [0.2, 0.25) is 5.28 Å². The van der Waals surface area contributed by atoms with Gasteiger partial charge in [0, 0.05) is 42.5 Å². The van der Waals surface area contributed by atoms with E-state index >= 15 is 0 Å². The van der Waals surface area contributed by atoms with Crippen LogP contribution in [0.15, 0.2) is 41.5 Å². The summed E-state index contributed by atoms with van der Waals surface area (Å²) in [4.78, 5) is 27.0. The third-order valence-corrected chi connectivity index (χ3v) is 5.20. The van der Waals surface area contributed by atoms with E-state index in [1.807, 2.05) is 16.7 Å². The van der Waals surface area contributed by atoms with Crippen molar-refractivity contribution in [3.05, 3.63) is 53.1 Å². The summed E-state index contributed by atoms with van der Waals surface area (Å²) in [6.45, 7) is 5.19. The van der Waals surface area contributed by atoms with Gasteiger partial charge in [-0.25, -0.2) is 4.98 Å². The number of aliphatic imine (C=N–C) groups is 1. The average Bonchev–Trinajstić information content (AvgIpc) is 3.43. The van der Waals surface area contributed by atoms with Crippen LogP contribution < -0.4 is 0 Å². The molecule has 0 radical (unpaired) electrons. The molecule has 0 aliphatic carbocycles. The monoisotopic (exact) mass is 381 g/mol. The number of amides is 1. The molecular formula is C20H20ClN5O. The van der Waals surface area contributed by atoms with Gasteiger partial charge in [0.1, 0.15) is 11.3 Å². The molecule has 0 unspecified atom stereocenters. The van der Waals surface area contributed by atoms with E-state index in [4.69, 9.17) is 11.6 Å². The second-order valence-corrected chi connectivity index (χ2v) is 7.76. The molecule has 1 aromatic carbocycles. The maximum atomic E-state index is 12.7. The molecule has 138 valence electrons. The van der Waals surface area contributed by atoms with Crippen LogP contribution >= 0.6 is 11.6 Å². The fraction of sp³-hybridized carbons (Fsp3) is 0.300. The summed E-state index contributed by atoms with van der Waals surface area (Å²) in [6.07, 6.45) is 1.64.